The summed E-state index contributed by atoms with van der Waals surface area (Å²) in [5.41, 5.74) is -1.45. The molecule has 9 aliphatic rings. The zero-order valence-corrected chi connectivity index (χ0v) is 34.1. The minimum Gasteiger partial charge on any atom is -0.462 e. The molecule has 8 fully saturated rings. The zero-order valence-electron chi connectivity index (χ0n) is 34.1. The molecule has 9 rings (SSSR count). The molecule has 16 nitrogen and oxygen atoms in total. The first-order valence-electron chi connectivity index (χ1n) is 21.3. The molecule has 2 bridgehead atoms. The molecule has 0 amide bonds. The fraction of sp³-hybridized carbons (Fsp3) is 0.905. The van der Waals surface area contributed by atoms with Gasteiger partial charge in [-0.25, -0.2) is 0 Å². The maximum Gasteiger partial charge on any atom is 0.315 e. The number of ether oxygens (including phenoxy) is 6. The molecule has 0 aromatic carbocycles. The topological polar surface area (TPSA) is 251 Å². The number of rotatable bonds is 8. The van der Waals surface area contributed by atoms with E-state index in [2.05, 4.69) is 19.9 Å². The van der Waals surface area contributed by atoms with E-state index < -0.39 is 109 Å². The van der Waals surface area contributed by atoms with Crippen molar-refractivity contribution < 1.29 is 78.9 Å². The Morgan fingerprint density at radius 2 is 1.45 bits per heavy atom. The summed E-state index contributed by atoms with van der Waals surface area (Å²) in [7, 11) is 0. The second kappa shape index (κ2) is 15.2. The van der Waals surface area contributed by atoms with Crippen molar-refractivity contribution in [1.82, 2.24) is 0 Å². The Morgan fingerprint density at radius 1 is 0.810 bits per heavy atom. The Kier molecular flexibility index (Phi) is 11.3. The van der Waals surface area contributed by atoms with Gasteiger partial charge >= 0.3 is 11.9 Å². The van der Waals surface area contributed by atoms with Gasteiger partial charge in [0.15, 0.2) is 12.6 Å². The maximum absolute atomic E-state index is 13.0. The third-order valence-corrected chi connectivity index (χ3v) is 16.9. The molecule has 58 heavy (non-hydrogen) atoms. The van der Waals surface area contributed by atoms with E-state index in [4.69, 9.17) is 28.4 Å². The van der Waals surface area contributed by atoms with Gasteiger partial charge in [0.25, 0.3) is 0 Å². The average molecular weight is 825 g/mol. The summed E-state index contributed by atoms with van der Waals surface area (Å²) in [6.45, 7) is 8.26. The van der Waals surface area contributed by atoms with Crippen LogP contribution in [0.2, 0.25) is 0 Å². The molecule has 16 heteroatoms. The quantitative estimate of drug-likeness (QED) is 0.120. The molecule has 8 N–H and O–H groups in total. The summed E-state index contributed by atoms with van der Waals surface area (Å²) in [6, 6.07) is 0. The van der Waals surface area contributed by atoms with Gasteiger partial charge in [-0.15, -0.1) is 0 Å². The fourth-order valence-corrected chi connectivity index (χ4v) is 13.4. The first kappa shape index (κ1) is 42.9. The van der Waals surface area contributed by atoms with Crippen molar-refractivity contribution >= 4 is 11.9 Å². The Balaban J connectivity index is 1.03. The molecule has 0 spiro atoms. The van der Waals surface area contributed by atoms with Gasteiger partial charge in [0.1, 0.15) is 61.0 Å². The first-order valence-corrected chi connectivity index (χ1v) is 21.3. The van der Waals surface area contributed by atoms with Crippen LogP contribution < -0.4 is 0 Å². The number of aliphatic hydroxyl groups is 8. The van der Waals surface area contributed by atoms with E-state index in [0.29, 0.717) is 37.0 Å². The predicted molar refractivity (Wildman–Crippen MR) is 199 cm³/mol. The molecule has 4 saturated heterocycles. The van der Waals surface area contributed by atoms with Crippen LogP contribution in [0.3, 0.4) is 0 Å². The number of esters is 2. The molecule has 4 saturated carbocycles. The molecule has 22 atom stereocenters. The monoisotopic (exact) mass is 824 g/mol. The van der Waals surface area contributed by atoms with E-state index in [9.17, 15) is 50.4 Å². The standard InChI is InChI=1S/C42H64O16/c1-18(45)53-29-13-20(54-37-35(33(49)31(47)28(17-44)56-37)58-36-34(50)32(48)30(46)27(16-43)55-36)12-19-6-7-21-23-8-9-24(39(23,2)11-10-25(21)42(19,29)5)22-14-40(3)38(51)57-26(22)15-41(40,4)52/h6,20-37,43-44,46-50,52H,7-17H2,1-5H3/t20-,21+,22-,23+,24-,25+,26-,27-,28-,29+,30-,31-,32+,33+,34-,35-,36+,37-,39+,40+,41-,42?/m1/s1. The van der Waals surface area contributed by atoms with Gasteiger partial charge in [-0.05, 0) is 87.9 Å². The van der Waals surface area contributed by atoms with Crippen molar-refractivity contribution in [3.63, 3.8) is 0 Å². The van der Waals surface area contributed by atoms with Crippen molar-refractivity contribution in [2.24, 2.45) is 45.8 Å². The van der Waals surface area contributed by atoms with Gasteiger partial charge < -0.3 is 69.3 Å². The minimum atomic E-state index is -1.80. The summed E-state index contributed by atoms with van der Waals surface area (Å²) >= 11 is 0. The number of fused-ring (bicyclic) bond motifs is 8. The van der Waals surface area contributed by atoms with E-state index in [0.717, 1.165) is 37.7 Å². The Morgan fingerprint density at radius 3 is 2.09 bits per heavy atom. The van der Waals surface area contributed by atoms with Crippen molar-refractivity contribution in [3.8, 4) is 0 Å². The van der Waals surface area contributed by atoms with Gasteiger partial charge in [0, 0.05) is 31.1 Å². The molecule has 4 heterocycles. The fourth-order valence-electron chi connectivity index (χ4n) is 13.4. The number of carbonyl (C=O) groups is 2. The second-order valence-electron chi connectivity index (χ2n) is 19.8. The summed E-state index contributed by atoms with van der Waals surface area (Å²) in [4.78, 5) is 25.8. The molecule has 4 aliphatic heterocycles. The van der Waals surface area contributed by atoms with Crippen molar-refractivity contribution in [3.05, 3.63) is 11.6 Å². The molecule has 0 radical (unpaired) electrons. The Bertz CT molecular complexity index is 1600. The molecule has 5 aliphatic carbocycles. The number of allylic oxidation sites excluding steroid dienone is 1. The largest absolute Gasteiger partial charge is 0.462 e. The maximum atomic E-state index is 13.0. The normalized spacial score (nSPS) is 55.1. The summed E-state index contributed by atoms with van der Waals surface area (Å²) < 4.78 is 36.1. The predicted octanol–water partition coefficient (Wildman–Crippen LogP) is 0.209. The zero-order chi connectivity index (χ0) is 41.9. The third kappa shape index (κ3) is 6.54. The van der Waals surface area contributed by atoms with Gasteiger partial charge in [0.2, 0.25) is 0 Å². The molecule has 328 valence electrons. The highest BCUT2D eigenvalue weighted by atomic mass is 16.8. The summed E-state index contributed by atoms with van der Waals surface area (Å²) in [6.07, 6.45) is -8.41. The number of hydrogen-bond donors (Lipinski definition) is 8. The highest BCUT2D eigenvalue weighted by Crippen LogP contribution is 2.69. The van der Waals surface area contributed by atoms with Gasteiger partial charge in [-0.2, -0.15) is 0 Å². The number of carbonyl (C=O) groups excluding carboxylic acids is 2. The van der Waals surface area contributed by atoms with E-state index in [1.54, 1.807) is 6.92 Å². The van der Waals surface area contributed by atoms with E-state index in [1.807, 2.05) is 6.92 Å². The SMILES string of the molecule is CC(=O)O[C@H]1C[C@H](O[C@@H]2O[C@H](CO)[C@@H](O)[C@H](O)[C@H]2O[C@@H]2O[C@H](CO)[C@@H](O)[C@H](O)[C@H]2O)CC2=CC[C@@H]3[C@H](CC[C@]4(C)[C@@H]([C@H]5C[C@@]6(C)C(=O)O[C@@H]5C[C@@]6(C)O)CC[C@@H]34)C21C. The smallest absolute Gasteiger partial charge is 0.315 e. The molecule has 1 unspecified atom stereocenters. The van der Waals surface area contributed by atoms with Crippen LogP contribution in [0.15, 0.2) is 11.6 Å². The van der Waals surface area contributed by atoms with Gasteiger partial charge in [0.05, 0.1) is 30.3 Å². The van der Waals surface area contributed by atoms with E-state index in [1.165, 1.54) is 6.92 Å². The van der Waals surface area contributed by atoms with Gasteiger partial charge in [-0.1, -0.05) is 25.5 Å². The lowest BCUT2D eigenvalue weighted by molar-refractivity contribution is -0.372. The van der Waals surface area contributed by atoms with Crippen molar-refractivity contribution in [2.75, 3.05) is 13.2 Å². The van der Waals surface area contributed by atoms with Crippen molar-refractivity contribution in [2.45, 2.75) is 178 Å². The Labute approximate surface area is 338 Å². The number of aliphatic hydroxyl groups excluding tert-OH is 7. The third-order valence-electron chi connectivity index (χ3n) is 16.9. The summed E-state index contributed by atoms with van der Waals surface area (Å²) in [5.74, 6) is 0.744. The first-order chi connectivity index (χ1) is 27.3. The lowest BCUT2D eigenvalue weighted by Crippen LogP contribution is -2.66. The van der Waals surface area contributed by atoms with E-state index >= 15 is 0 Å². The highest BCUT2D eigenvalue weighted by molar-refractivity contribution is 5.80. The second-order valence-corrected chi connectivity index (χ2v) is 19.8. The van der Waals surface area contributed by atoms with Crippen molar-refractivity contribution in [1.29, 1.82) is 0 Å². The lowest BCUT2D eigenvalue weighted by atomic mass is 9.45. The van der Waals surface area contributed by atoms with Crippen LogP contribution in [0, 0.1) is 45.8 Å². The molecular weight excluding hydrogens is 760 g/mol. The number of hydrogen-bond acceptors (Lipinski definition) is 16. The molecular formula is C42H64O16. The Hall–Kier alpha value is -1.80. The van der Waals surface area contributed by atoms with E-state index in [-0.39, 0.29) is 35.7 Å². The van der Waals surface area contributed by atoms with Crippen LogP contribution in [0.5, 0.6) is 0 Å². The van der Waals surface area contributed by atoms with Crippen LogP contribution >= 0.6 is 0 Å². The minimum absolute atomic E-state index is 0.0137. The van der Waals surface area contributed by atoms with Crippen LogP contribution in [0.4, 0.5) is 0 Å². The van der Waals surface area contributed by atoms with Crippen LogP contribution in [0.25, 0.3) is 0 Å². The van der Waals surface area contributed by atoms with Crippen LogP contribution in [-0.2, 0) is 38.0 Å². The van der Waals surface area contributed by atoms with Gasteiger partial charge in [-0.3, -0.25) is 9.59 Å². The lowest BCUT2D eigenvalue weighted by Gasteiger charge is -2.62. The molecule has 0 aromatic heterocycles. The van der Waals surface area contributed by atoms with Crippen LogP contribution in [0.1, 0.15) is 92.4 Å². The average Bonchev–Trinajstić information content (AvgIpc) is 3.52. The van der Waals surface area contributed by atoms with Crippen LogP contribution in [-0.4, -0.2) is 151 Å². The highest BCUT2D eigenvalue weighted by Gasteiger charge is 2.68. The molecule has 0 aromatic rings. The summed E-state index contributed by atoms with van der Waals surface area (Å²) in [5, 5.41) is 84.4.